The lowest BCUT2D eigenvalue weighted by Gasteiger charge is -2.26. The number of anilines is 1. The molecular weight excluding hydrogens is 498 g/mol. The molecule has 1 unspecified atom stereocenters. The fourth-order valence-electron chi connectivity index (χ4n) is 4.79. The molecule has 3 aromatic rings. The summed E-state index contributed by atoms with van der Waals surface area (Å²) in [6.45, 7) is 7.11. The molecule has 0 bridgehead atoms. The lowest BCUT2D eigenvalue weighted by Crippen LogP contribution is -2.29. The fraction of sp³-hybridized carbons (Fsp3) is 0.258. The van der Waals surface area contributed by atoms with Crippen molar-refractivity contribution in [1.82, 2.24) is 0 Å². The minimum Gasteiger partial charge on any atom is -0.507 e. The van der Waals surface area contributed by atoms with Crippen molar-refractivity contribution in [3.63, 3.8) is 0 Å². The third-order valence-corrected chi connectivity index (χ3v) is 6.69. The zero-order valence-electron chi connectivity index (χ0n) is 22.8. The smallest absolute Gasteiger partial charge is 0.308 e. The van der Waals surface area contributed by atoms with Gasteiger partial charge in [-0.3, -0.25) is 19.3 Å². The van der Waals surface area contributed by atoms with Crippen molar-refractivity contribution in [3.8, 4) is 17.2 Å². The van der Waals surface area contributed by atoms with Gasteiger partial charge in [0.25, 0.3) is 11.7 Å². The van der Waals surface area contributed by atoms with E-state index in [1.54, 1.807) is 61.7 Å². The number of aliphatic hydroxyl groups excluding tert-OH is 1. The Kier molecular flexibility index (Phi) is 7.76. The van der Waals surface area contributed by atoms with Crippen LogP contribution in [0.25, 0.3) is 5.76 Å². The second kappa shape index (κ2) is 11.0. The molecule has 3 aromatic carbocycles. The van der Waals surface area contributed by atoms with Gasteiger partial charge in [0, 0.05) is 24.2 Å². The van der Waals surface area contributed by atoms with Gasteiger partial charge in [0.1, 0.15) is 23.0 Å². The number of esters is 1. The minimum absolute atomic E-state index is 0.0500. The maximum absolute atomic E-state index is 13.6. The highest BCUT2D eigenvalue weighted by Gasteiger charge is 2.47. The van der Waals surface area contributed by atoms with Crippen molar-refractivity contribution in [2.45, 2.75) is 39.7 Å². The topological polar surface area (TPSA) is 102 Å². The third-order valence-electron chi connectivity index (χ3n) is 6.69. The van der Waals surface area contributed by atoms with Gasteiger partial charge in [-0.25, -0.2) is 0 Å². The van der Waals surface area contributed by atoms with Gasteiger partial charge in [0.2, 0.25) is 0 Å². The van der Waals surface area contributed by atoms with Crippen molar-refractivity contribution in [1.29, 1.82) is 0 Å². The Labute approximate surface area is 227 Å². The van der Waals surface area contributed by atoms with Gasteiger partial charge in [-0.15, -0.1) is 0 Å². The number of benzene rings is 3. The lowest BCUT2D eigenvalue weighted by atomic mass is 9.91. The number of hydrogen-bond acceptors (Lipinski definition) is 7. The van der Waals surface area contributed by atoms with Crippen molar-refractivity contribution in [2.24, 2.45) is 0 Å². The zero-order valence-corrected chi connectivity index (χ0v) is 22.8. The number of carbonyl (C=O) groups excluding carboxylic acids is 3. The van der Waals surface area contributed by atoms with Crippen LogP contribution in [0, 0.1) is 6.92 Å². The number of ether oxygens (including phenoxy) is 3. The van der Waals surface area contributed by atoms with Crippen LogP contribution in [0.3, 0.4) is 0 Å². The Morgan fingerprint density at radius 2 is 1.64 bits per heavy atom. The number of nitrogens with zero attached hydrogens (tertiary/aromatic N) is 1. The molecule has 202 valence electrons. The predicted molar refractivity (Wildman–Crippen MR) is 147 cm³/mol. The molecule has 0 saturated carbocycles. The molecule has 1 aliphatic heterocycles. The molecule has 8 nitrogen and oxygen atoms in total. The van der Waals surface area contributed by atoms with Gasteiger partial charge >= 0.3 is 5.97 Å². The molecule has 1 heterocycles. The number of Topliss-reactive ketones (excluding diaryl/α,β-unsaturated/α-hetero) is 1. The van der Waals surface area contributed by atoms with Crippen LogP contribution in [0.4, 0.5) is 5.69 Å². The summed E-state index contributed by atoms with van der Waals surface area (Å²) in [7, 11) is 3.09. The van der Waals surface area contributed by atoms with Gasteiger partial charge in [0.15, 0.2) is 0 Å². The number of aryl methyl sites for hydroxylation is 1. The molecule has 8 heteroatoms. The SMILES string of the molecule is COc1cccc(N2C(=O)C(=O)/C(=C(/O)c3cc(C(C)C)c(OC)cc3C)C2c2ccc(OC(C)=O)cc2)c1. The fourth-order valence-corrected chi connectivity index (χ4v) is 4.79. The number of rotatable bonds is 7. The van der Waals surface area contributed by atoms with E-state index in [9.17, 15) is 19.5 Å². The molecule has 0 aliphatic carbocycles. The van der Waals surface area contributed by atoms with Crippen molar-refractivity contribution in [3.05, 3.63) is 88.5 Å². The lowest BCUT2D eigenvalue weighted by molar-refractivity contribution is -0.132. The number of hydrogen-bond donors (Lipinski definition) is 1. The molecule has 1 N–H and O–H groups in total. The predicted octanol–water partition coefficient (Wildman–Crippen LogP) is 5.69. The van der Waals surface area contributed by atoms with Crippen LogP contribution in [0.5, 0.6) is 17.2 Å². The number of amides is 1. The van der Waals surface area contributed by atoms with E-state index in [1.165, 1.54) is 18.9 Å². The van der Waals surface area contributed by atoms with E-state index in [-0.39, 0.29) is 17.3 Å². The summed E-state index contributed by atoms with van der Waals surface area (Å²) in [4.78, 5) is 39.8. The van der Waals surface area contributed by atoms with Gasteiger partial charge < -0.3 is 19.3 Å². The molecule has 39 heavy (non-hydrogen) atoms. The van der Waals surface area contributed by atoms with Crippen molar-refractivity contribution >= 4 is 29.1 Å². The maximum atomic E-state index is 13.6. The normalized spacial score (nSPS) is 16.5. The number of methoxy groups -OCH3 is 2. The molecule has 4 rings (SSSR count). The van der Waals surface area contributed by atoms with E-state index >= 15 is 0 Å². The Morgan fingerprint density at radius 3 is 2.23 bits per heavy atom. The summed E-state index contributed by atoms with van der Waals surface area (Å²) in [5, 5.41) is 11.7. The Bertz CT molecular complexity index is 1470. The van der Waals surface area contributed by atoms with E-state index < -0.39 is 23.7 Å². The van der Waals surface area contributed by atoms with E-state index in [0.717, 1.165) is 5.56 Å². The summed E-state index contributed by atoms with van der Waals surface area (Å²) in [6.07, 6.45) is 0. The van der Waals surface area contributed by atoms with E-state index in [0.29, 0.717) is 39.6 Å². The maximum Gasteiger partial charge on any atom is 0.308 e. The highest BCUT2D eigenvalue weighted by Crippen LogP contribution is 2.44. The largest absolute Gasteiger partial charge is 0.507 e. The highest BCUT2D eigenvalue weighted by atomic mass is 16.5. The van der Waals surface area contributed by atoms with Crippen molar-refractivity contribution < 1.29 is 33.7 Å². The second-order valence-electron chi connectivity index (χ2n) is 9.60. The number of ketones is 1. The first-order chi connectivity index (χ1) is 18.6. The molecule has 1 atom stereocenters. The molecule has 0 spiro atoms. The monoisotopic (exact) mass is 529 g/mol. The third kappa shape index (κ3) is 5.23. The van der Waals surface area contributed by atoms with E-state index in [1.807, 2.05) is 26.8 Å². The highest BCUT2D eigenvalue weighted by molar-refractivity contribution is 6.51. The first kappa shape index (κ1) is 27.4. The molecule has 0 radical (unpaired) electrons. The average Bonchev–Trinajstić information content (AvgIpc) is 3.18. The standard InChI is InChI=1S/C31H31NO7/c1-17(2)24-16-25(18(3)14-26(24)38-6)29(34)27-28(20-10-12-22(13-11-20)39-19(4)33)32(31(36)30(27)35)21-8-7-9-23(15-21)37-5/h7-17,28,34H,1-6H3/b29-27+. The van der Waals surface area contributed by atoms with Crippen LogP contribution in [0.15, 0.2) is 66.2 Å². The quantitative estimate of drug-likeness (QED) is 0.138. The molecule has 0 aromatic heterocycles. The Balaban J connectivity index is 1.96. The summed E-state index contributed by atoms with van der Waals surface area (Å²) in [5.41, 5.74) is 2.90. The zero-order chi connectivity index (χ0) is 28.4. The molecule has 1 aliphatic rings. The van der Waals surface area contributed by atoms with Crippen LogP contribution in [-0.4, -0.2) is 37.0 Å². The van der Waals surface area contributed by atoms with Crippen molar-refractivity contribution in [2.75, 3.05) is 19.1 Å². The first-order valence-electron chi connectivity index (χ1n) is 12.5. The Hall–Kier alpha value is -4.59. The van der Waals surface area contributed by atoms with Gasteiger partial charge in [-0.2, -0.15) is 0 Å². The summed E-state index contributed by atoms with van der Waals surface area (Å²) >= 11 is 0. The molecule has 1 saturated heterocycles. The average molecular weight is 530 g/mol. The van der Waals surface area contributed by atoms with Crippen LogP contribution < -0.4 is 19.1 Å². The Morgan fingerprint density at radius 1 is 0.949 bits per heavy atom. The first-order valence-corrected chi connectivity index (χ1v) is 12.5. The van der Waals surface area contributed by atoms with Crippen LogP contribution >= 0.6 is 0 Å². The summed E-state index contributed by atoms with van der Waals surface area (Å²) in [5.74, 6) is -0.775. The van der Waals surface area contributed by atoms with Crippen LogP contribution in [-0.2, 0) is 14.4 Å². The minimum atomic E-state index is -0.951. The molecule has 1 fully saturated rings. The van der Waals surface area contributed by atoms with Gasteiger partial charge in [-0.05, 0) is 65.9 Å². The molecular formula is C31H31NO7. The van der Waals surface area contributed by atoms with E-state index in [4.69, 9.17) is 14.2 Å². The van der Waals surface area contributed by atoms with E-state index in [2.05, 4.69) is 0 Å². The van der Waals surface area contributed by atoms with Crippen LogP contribution in [0.2, 0.25) is 0 Å². The summed E-state index contributed by atoms with van der Waals surface area (Å²) in [6, 6.07) is 16.0. The number of aliphatic hydroxyl groups is 1. The second-order valence-corrected chi connectivity index (χ2v) is 9.60. The van der Waals surface area contributed by atoms with Crippen LogP contribution in [0.1, 0.15) is 55.0 Å². The summed E-state index contributed by atoms with van der Waals surface area (Å²) < 4.78 is 16.0. The number of carbonyl (C=O) groups is 3. The molecule has 1 amide bonds. The van der Waals surface area contributed by atoms with Gasteiger partial charge in [-0.1, -0.05) is 32.0 Å². The van der Waals surface area contributed by atoms with Gasteiger partial charge in [0.05, 0.1) is 25.8 Å².